The first kappa shape index (κ1) is 40.0. The van der Waals surface area contributed by atoms with Gasteiger partial charge in [0.1, 0.15) is 12.1 Å². The molecule has 0 unspecified atom stereocenters. The minimum Gasteiger partial charge on any atom is -0.390 e. The van der Waals surface area contributed by atoms with Crippen molar-refractivity contribution in [3.05, 3.63) is 65.0 Å². The second kappa shape index (κ2) is 20.3. The van der Waals surface area contributed by atoms with Gasteiger partial charge in [0.25, 0.3) is 0 Å². The number of nitrogens with zero attached hydrogens (tertiary/aromatic N) is 2. The number of hydrogen-bond acceptors (Lipinski definition) is 6. The number of carbonyl (C=O) groups excluding carboxylic acids is 3. The predicted molar refractivity (Wildman–Crippen MR) is 200 cm³/mol. The summed E-state index contributed by atoms with van der Waals surface area (Å²) in [5.74, 6) is 1.16. The molecule has 4 rings (SSSR count). The van der Waals surface area contributed by atoms with Gasteiger partial charge in [-0.1, -0.05) is 76.3 Å². The molecular weight excluding hydrogens is 640 g/mol. The number of likely N-dealkylation sites (N-methyl/N-ethyl adjacent to an activating group) is 1. The topological polar surface area (TPSA) is 132 Å². The highest BCUT2D eigenvalue weighted by molar-refractivity contribution is 5.91. The van der Waals surface area contributed by atoms with Gasteiger partial charge < -0.3 is 25.7 Å². The van der Waals surface area contributed by atoms with Crippen LogP contribution in [-0.4, -0.2) is 75.7 Å². The van der Waals surface area contributed by atoms with Crippen LogP contribution in [-0.2, 0) is 40.1 Å². The Kier molecular flexibility index (Phi) is 16.0. The first-order chi connectivity index (χ1) is 24.5. The van der Waals surface area contributed by atoms with Gasteiger partial charge in [-0.05, 0) is 79.5 Å². The standard InChI is InChI=1S/C42H60N4O5/c1-5-14-36(42(51)45-37(25-31-17-10-7-11-18-31)40(49)38(47)23-29(2)3)44-41(50)34(24-30-15-8-6-9-16-30)27-39(48)46(4)22-21-35-26-32-19-12-13-20-33(32)28-43-35/h1,6,8-9,15-16,26,28-29,31,34,36-38,40,47,49H,7,10-14,17-25,27H2,2-4H3,(H,44,50)(H,45,51)/t34-,36+,37+,38+,40-/m1/s1. The van der Waals surface area contributed by atoms with Gasteiger partial charge in [-0.25, -0.2) is 0 Å². The average Bonchev–Trinajstić information content (AvgIpc) is 3.13. The molecule has 1 heterocycles. The van der Waals surface area contributed by atoms with E-state index in [-0.39, 0.29) is 24.7 Å². The summed E-state index contributed by atoms with van der Waals surface area (Å²) >= 11 is 0. The molecular formula is C42H60N4O5. The zero-order chi connectivity index (χ0) is 36.8. The number of aliphatic hydroxyl groups excluding tert-OH is 2. The highest BCUT2D eigenvalue weighted by Crippen LogP contribution is 2.29. The molecule has 2 aliphatic carbocycles. The molecule has 278 valence electrons. The number of amides is 3. The number of carbonyl (C=O) groups is 3. The smallest absolute Gasteiger partial charge is 0.243 e. The van der Waals surface area contributed by atoms with Crippen LogP contribution < -0.4 is 10.6 Å². The van der Waals surface area contributed by atoms with Crippen LogP contribution in [0.5, 0.6) is 0 Å². The van der Waals surface area contributed by atoms with Gasteiger partial charge in [0.05, 0.1) is 18.1 Å². The summed E-state index contributed by atoms with van der Waals surface area (Å²) in [4.78, 5) is 47.6. The van der Waals surface area contributed by atoms with E-state index in [9.17, 15) is 24.6 Å². The summed E-state index contributed by atoms with van der Waals surface area (Å²) < 4.78 is 0. The van der Waals surface area contributed by atoms with E-state index in [1.807, 2.05) is 50.4 Å². The first-order valence-corrected chi connectivity index (χ1v) is 19.2. The summed E-state index contributed by atoms with van der Waals surface area (Å²) in [5, 5.41) is 27.9. The minimum atomic E-state index is -1.16. The zero-order valence-electron chi connectivity index (χ0n) is 31.0. The maximum atomic E-state index is 13.9. The van der Waals surface area contributed by atoms with Gasteiger partial charge in [-0.15, -0.1) is 12.3 Å². The molecule has 1 fully saturated rings. The third-order valence-corrected chi connectivity index (χ3v) is 10.6. The predicted octanol–water partition coefficient (Wildman–Crippen LogP) is 4.94. The average molecular weight is 701 g/mol. The summed E-state index contributed by atoms with van der Waals surface area (Å²) in [6, 6.07) is 9.93. The number of fused-ring (bicyclic) bond motifs is 1. The van der Waals surface area contributed by atoms with Gasteiger partial charge in [0, 0.05) is 44.7 Å². The number of terminal acetylenes is 1. The molecule has 0 spiro atoms. The normalized spacial score (nSPS) is 17.7. The van der Waals surface area contributed by atoms with E-state index in [2.05, 4.69) is 27.6 Å². The van der Waals surface area contributed by atoms with Crippen LogP contribution in [0.25, 0.3) is 0 Å². The van der Waals surface area contributed by atoms with Crippen LogP contribution in [0.1, 0.15) is 107 Å². The second-order valence-electron chi connectivity index (χ2n) is 15.3. The van der Waals surface area contributed by atoms with E-state index in [1.165, 1.54) is 30.4 Å². The highest BCUT2D eigenvalue weighted by Gasteiger charge is 2.34. The molecule has 9 nitrogen and oxygen atoms in total. The van der Waals surface area contributed by atoms with Gasteiger partial charge in [-0.3, -0.25) is 19.4 Å². The van der Waals surface area contributed by atoms with E-state index in [4.69, 9.17) is 6.42 Å². The molecule has 0 bridgehead atoms. The molecule has 0 saturated heterocycles. The number of aliphatic hydroxyl groups is 2. The third kappa shape index (κ3) is 12.8. The zero-order valence-corrected chi connectivity index (χ0v) is 31.0. The Balaban J connectivity index is 1.44. The lowest BCUT2D eigenvalue weighted by atomic mass is 9.82. The van der Waals surface area contributed by atoms with E-state index in [1.54, 1.807) is 11.9 Å². The molecule has 1 aromatic heterocycles. The Morgan fingerprint density at radius 2 is 1.69 bits per heavy atom. The van der Waals surface area contributed by atoms with Crippen molar-refractivity contribution in [1.82, 2.24) is 20.5 Å². The lowest BCUT2D eigenvalue weighted by Crippen LogP contribution is -2.56. The molecule has 3 amide bonds. The minimum absolute atomic E-state index is 0.0380. The first-order valence-electron chi connectivity index (χ1n) is 19.2. The number of benzene rings is 1. The number of aryl methyl sites for hydroxylation is 2. The van der Waals surface area contributed by atoms with Gasteiger partial charge in [0.2, 0.25) is 17.7 Å². The van der Waals surface area contributed by atoms with Crippen LogP contribution in [0.15, 0.2) is 42.6 Å². The Bertz CT molecular complexity index is 1450. The van der Waals surface area contributed by atoms with Gasteiger partial charge in [-0.2, -0.15) is 0 Å². The lowest BCUT2D eigenvalue weighted by Gasteiger charge is -2.33. The fraction of sp³-hybridized carbons (Fsp3) is 0.619. The van der Waals surface area contributed by atoms with Crippen molar-refractivity contribution in [3.8, 4) is 12.3 Å². The maximum Gasteiger partial charge on any atom is 0.243 e. The van der Waals surface area contributed by atoms with Crippen molar-refractivity contribution in [2.24, 2.45) is 17.8 Å². The van der Waals surface area contributed by atoms with E-state index in [0.29, 0.717) is 38.1 Å². The molecule has 0 aliphatic heterocycles. The monoisotopic (exact) mass is 700 g/mol. The van der Waals surface area contributed by atoms with Crippen LogP contribution in [0.3, 0.4) is 0 Å². The number of hydrogen-bond donors (Lipinski definition) is 4. The lowest BCUT2D eigenvalue weighted by molar-refractivity contribution is -0.136. The fourth-order valence-electron chi connectivity index (χ4n) is 7.59. The van der Waals surface area contributed by atoms with Crippen LogP contribution in [0.4, 0.5) is 0 Å². The fourth-order valence-corrected chi connectivity index (χ4v) is 7.59. The Morgan fingerprint density at radius 1 is 0.980 bits per heavy atom. The highest BCUT2D eigenvalue weighted by atomic mass is 16.3. The van der Waals surface area contributed by atoms with Crippen molar-refractivity contribution in [2.45, 2.75) is 134 Å². The van der Waals surface area contributed by atoms with Crippen molar-refractivity contribution in [2.75, 3.05) is 13.6 Å². The van der Waals surface area contributed by atoms with Crippen LogP contribution >= 0.6 is 0 Å². The quantitative estimate of drug-likeness (QED) is 0.163. The Labute approximate surface area is 305 Å². The Hall–Kier alpha value is -3.74. The van der Waals surface area contributed by atoms with Crippen molar-refractivity contribution in [3.63, 3.8) is 0 Å². The van der Waals surface area contributed by atoms with Crippen molar-refractivity contribution < 1.29 is 24.6 Å². The second-order valence-corrected chi connectivity index (χ2v) is 15.3. The summed E-state index contributed by atoms with van der Waals surface area (Å²) in [7, 11) is 1.75. The third-order valence-electron chi connectivity index (χ3n) is 10.6. The number of nitrogens with one attached hydrogen (secondary N) is 2. The molecule has 0 radical (unpaired) electrons. The molecule has 51 heavy (non-hydrogen) atoms. The summed E-state index contributed by atoms with van der Waals surface area (Å²) in [6.45, 7) is 4.42. The molecule has 2 aromatic rings. The Morgan fingerprint density at radius 3 is 2.37 bits per heavy atom. The van der Waals surface area contributed by atoms with E-state index in [0.717, 1.165) is 49.8 Å². The largest absolute Gasteiger partial charge is 0.390 e. The molecule has 1 saturated carbocycles. The number of rotatable bonds is 18. The molecule has 4 N–H and O–H groups in total. The van der Waals surface area contributed by atoms with Crippen LogP contribution in [0, 0.1) is 30.1 Å². The molecule has 1 aromatic carbocycles. The maximum absolute atomic E-state index is 13.9. The van der Waals surface area contributed by atoms with Crippen molar-refractivity contribution in [1.29, 1.82) is 0 Å². The molecule has 9 heteroatoms. The SMILES string of the molecule is C#CC[C@H](NC(=O)[C@@H](CC(=O)N(C)CCc1cc2c(cn1)CCCC2)Cc1ccccc1)C(=O)N[C@@H](CC1CCCCC1)[C@@H](O)[C@@H](O)CC(C)C. The van der Waals surface area contributed by atoms with Gasteiger partial charge >= 0.3 is 0 Å². The van der Waals surface area contributed by atoms with Crippen LogP contribution in [0.2, 0.25) is 0 Å². The molecule has 2 aliphatic rings. The molecule has 5 atom stereocenters. The van der Waals surface area contributed by atoms with Gasteiger partial charge in [0.15, 0.2) is 0 Å². The van der Waals surface area contributed by atoms with E-state index >= 15 is 0 Å². The van der Waals surface area contributed by atoms with Crippen molar-refractivity contribution >= 4 is 17.7 Å². The number of pyridine rings is 1. The summed E-state index contributed by atoms with van der Waals surface area (Å²) in [5.41, 5.74) is 4.53. The summed E-state index contributed by atoms with van der Waals surface area (Å²) in [6.07, 6.45) is 17.2. The van der Waals surface area contributed by atoms with E-state index < -0.39 is 42.0 Å². The number of aromatic nitrogens is 1.